The lowest BCUT2D eigenvalue weighted by Gasteiger charge is -2.19. The maximum absolute atomic E-state index is 11.1. The van der Waals surface area contributed by atoms with Gasteiger partial charge in [-0.25, -0.2) is 15.4 Å². The van der Waals surface area contributed by atoms with Crippen LogP contribution in [0.4, 0.5) is 11.4 Å². The van der Waals surface area contributed by atoms with E-state index in [0.29, 0.717) is 11.4 Å². The molecule has 0 bridgehead atoms. The van der Waals surface area contributed by atoms with Gasteiger partial charge in [-0.1, -0.05) is 18.2 Å². The second kappa shape index (κ2) is 5.41. The maximum Gasteiger partial charge on any atom is 0.336 e. The Kier molecular flexibility index (Phi) is 3.67. The number of carboxylic acid groups (broad SMARTS) is 2. The fourth-order valence-corrected chi connectivity index (χ4v) is 1.78. The van der Waals surface area contributed by atoms with Gasteiger partial charge in [-0.2, -0.15) is 0 Å². The highest BCUT2D eigenvalue weighted by Gasteiger charge is 2.17. The van der Waals surface area contributed by atoms with Crippen molar-refractivity contribution in [3.05, 3.63) is 59.7 Å². The van der Waals surface area contributed by atoms with Crippen molar-refractivity contribution in [1.29, 1.82) is 0 Å². The van der Waals surface area contributed by atoms with E-state index in [0.717, 1.165) is 0 Å². The summed E-state index contributed by atoms with van der Waals surface area (Å²) in [7, 11) is 0. The van der Waals surface area contributed by atoms with Crippen molar-refractivity contribution in [2.24, 2.45) is 5.84 Å². The van der Waals surface area contributed by atoms with Gasteiger partial charge in [0, 0.05) is 0 Å². The molecule has 0 saturated carbocycles. The van der Waals surface area contributed by atoms with E-state index in [-0.39, 0.29) is 11.1 Å². The van der Waals surface area contributed by atoms with E-state index >= 15 is 0 Å². The Morgan fingerprint density at radius 3 is 2.00 bits per heavy atom. The van der Waals surface area contributed by atoms with Crippen molar-refractivity contribution in [2.75, 3.05) is 5.01 Å². The Balaban J connectivity index is 2.46. The molecular weight excluding hydrogens is 260 g/mol. The maximum atomic E-state index is 11.1. The molecule has 6 heteroatoms. The number of aromatic carboxylic acids is 2. The zero-order valence-corrected chi connectivity index (χ0v) is 10.4. The Morgan fingerprint density at radius 1 is 0.850 bits per heavy atom. The van der Waals surface area contributed by atoms with Crippen molar-refractivity contribution >= 4 is 23.3 Å². The lowest BCUT2D eigenvalue weighted by atomic mass is 10.1. The molecule has 0 atom stereocenters. The summed E-state index contributed by atoms with van der Waals surface area (Å²) in [6.45, 7) is 0. The number of hydrogen-bond acceptors (Lipinski definition) is 4. The van der Waals surface area contributed by atoms with Gasteiger partial charge in [0.05, 0.1) is 22.5 Å². The number of carboxylic acids is 2. The summed E-state index contributed by atoms with van der Waals surface area (Å²) in [4.78, 5) is 22.1. The predicted molar refractivity (Wildman–Crippen MR) is 73.1 cm³/mol. The van der Waals surface area contributed by atoms with Crippen LogP contribution in [-0.2, 0) is 0 Å². The van der Waals surface area contributed by atoms with Crippen molar-refractivity contribution in [1.82, 2.24) is 0 Å². The van der Waals surface area contributed by atoms with Crippen LogP contribution in [0.1, 0.15) is 20.7 Å². The lowest BCUT2D eigenvalue weighted by molar-refractivity contribution is 0.0651. The molecule has 2 rings (SSSR count). The number of anilines is 2. The van der Waals surface area contributed by atoms with Crippen molar-refractivity contribution < 1.29 is 19.8 Å². The van der Waals surface area contributed by atoms with Gasteiger partial charge >= 0.3 is 11.9 Å². The lowest BCUT2D eigenvalue weighted by Crippen LogP contribution is -2.25. The van der Waals surface area contributed by atoms with Crippen LogP contribution >= 0.6 is 0 Å². The number of nitrogens with zero attached hydrogens (tertiary/aromatic N) is 1. The molecule has 4 N–H and O–H groups in total. The highest BCUT2D eigenvalue weighted by molar-refractivity contribution is 6.02. The summed E-state index contributed by atoms with van der Waals surface area (Å²) in [5.74, 6) is 3.30. The second-order valence-corrected chi connectivity index (χ2v) is 4.05. The van der Waals surface area contributed by atoms with E-state index in [1.54, 1.807) is 24.3 Å². The van der Waals surface area contributed by atoms with Gasteiger partial charge < -0.3 is 10.2 Å². The first kappa shape index (κ1) is 13.6. The molecule has 0 saturated heterocycles. The average Bonchev–Trinajstić information content (AvgIpc) is 2.46. The zero-order chi connectivity index (χ0) is 14.7. The molecule has 6 nitrogen and oxygen atoms in total. The smallest absolute Gasteiger partial charge is 0.336 e. The molecule has 0 heterocycles. The Morgan fingerprint density at radius 2 is 1.45 bits per heavy atom. The molecule has 0 unspecified atom stereocenters. The summed E-state index contributed by atoms with van der Waals surface area (Å²) in [6.07, 6.45) is 0. The quantitative estimate of drug-likeness (QED) is 0.581. The summed E-state index contributed by atoms with van der Waals surface area (Å²) in [6, 6.07) is 12.8. The third-order valence-electron chi connectivity index (χ3n) is 2.78. The molecule has 0 aliphatic carbocycles. The van der Waals surface area contributed by atoms with Crippen LogP contribution in [0, 0.1) is 0 Å². The summed E-state index contributed by atoms with van der Waals surface area (Å²) in [5.41, 5.74) is 0.467. The van der Waals surface area contributed by atoms with Gasteiger partial charge in [0.1, 0.15) is 0 Å². The molecule has 0 aliphatic rings. The molecule has 0 aromatic heterocycles. The van der Waals surface area contributed by atoms with Gasteiger partial charge in [-0.15, -0.1) is 0 Å². The topological polar surface area (TPSA) is 104 Å². The zero-order valence-electron chi connectivity index (χ0n) is 10.4. The molecule has 2 aromatic carbocycles. The minimum absolute atomic E-state index is 0.275. The van der Waals surface area contributed by atoms with Gasteiger partial charge in [-0.3, -0.25) is 5.01 Å². The number of hydrazine groups is 1. The Hall–Kier alpha value is -2.86. The first-order valence-corrected chi connectivity index (χ1v) is 5.71. The van der Waals surface area contributed by atoms with Gasteiger partial charge in [0.2, 0.25) is 0 Å². The molecule has 20 heavy (non-hydrogen) atoms. The number of benzene rings is 2. The minimum atomic E-state index is -1.31. The van der Waals surface area contributed by atoms with E-state index in [1.807, 2.05) is 6.07 Å². The van der Waals surface area contributed by atoms with Crippen LogP contribution in [0.15, 0.2) is 48.5 Å². The van der Waals surface area contributed by atoms with E-state index in [4.69, 9.17) is 16.1 Å². The van der Waals surface area contributed by atoms with Crippen LogP contribution in [0.3, 0.4) is 0 Å². The van der Waals surface area contributed by atoms with Gasteiger partial charge in [-0.05, 0) is 30.3 Å². The van der Waals surface area contributed by atoms with Crippen LogP contribution in [0.25, 0.3) is 0 Å². The fourth-order valence-electron chi connectivity index (χ4n) is 1.78. The van der Waals surface area contributed by atoms with E-state index in [2.05, 4.69) is 0 Å². The third-order valence-corrected chi connectivity index (χ3v) is 2.78. The monoisotopic (exact) mass is 272 g/mol. The van der Waals surface area contributed by atoms with Gasteiger partial charge in [0.15, 0.2) is 0 Å². The largest absolute Gasteiger partial charge is 0.478 e. The fraction of sp³-hybridized carbons (Fsp3) is 0. The number of hydrogen-bond donors (Lipinski definition) is 3. The Labute approximate surface area is 114 Å². The highest BCUT2D eigenvalue weighted by Crippen LogP contribution is 2.24. The summed E-state index contributed by atoms with van der Waals surface area (Å²) >= 11 is 0. The SMILES string of the molecule is NN(c1ccccc1)c1ccc(C(=O)O)c(C(=O)O)c1. The number of rotatable bonds is 4. The number of carbonyl (C=O) groups is 2. The van der Waals surface area contributed by atoms with Crippen LogP contribution in [0.2, 0.25) is 0 Å². The first-order chi connectivity index (χ1) is 9.50. The van der Waals surface area contributed by atoms with E-state index in [1.165, 1.54) is 23.2 Å². The Bertz CT molecular complexity index is 655. The second-order valence-electron chi connectivity index (χ2n) is 4.05. The van der Waals surface area contributed by atoms with Gasteiger partial charge in [0.25, 0.3) is 0 Å². The average molecular weight is 272 g/mol. The molecule has 2 aromatic rings. The van der Waals surface area contributed by atoms with Crippen LogP contribution in [0.5, 0.6) is 0 Å². The predicted octanol–water partition coefficient (Wildman–Crippen LogP) is 2.09. The van der Waals surface area contributed by atoms with Crippen LogP contribution < -0.4 is 10.9 Å². The summed E-state index contributed by atoms with van der Waals surface area (Å²) < 4.78 is 0. The van der Waals surface area contributed by atoms with Crippen molar-refractivity contribution in [3.8, 4) is 0 Å². The highest BCUT2D eigenvalue weighted by atomic mass is 16.4. The minimum Gasteiger partial charge on any atom is -0.478 e. The number of nitrogens with two attached hydrogens (primary N) is 1. The molecule has 102 valence electrons. The third kappa shape index (κ3) is 2.60. The first-order valence-electron chi connectivity index (χ1n) is 5.71. The normalized spacial score (nSPS) is 10.1. The molecule has 0 radical (unpaired) electrons. The summed E-state index contributed by atoms with van der Waals surface area (Å²) in [5, 5.41) is 19.3. The standard InChI is InChI=1S/C14H12N2O4/c15-16(9-4-2-1-3-5-9)10-6-7-11(13(17)18)12(8-10)14(19)20/h1-8H,15H2,(H,17,18)(H,19,20). The number of para-hydroxylation sites is 1. The van der Waals surface area contributed by atoms with Crippen molar-refractivity contribution in [3.63, 3.8) is 0 Å². The van der Waals surface area contributed by atoms with E-state index < -0.39 is 11.9 Å². The molecular formula is C14H12N2O4. The molecule has 0 spiro atoms. The molecule has 0 aliphatic heterocycles. The van der Waals surface area contributed by atoms with Crippen molar-refractivity contribution in [2.45, 2.75) is 0 Å². The molecule has 0 amide bonds. The molecule has 0 fully saturated rings. The van der Waals surface area contributed by atoms with E-state index in [9.17, 15) is 9.59 Å². The van der Waals surface area contributed by atoms with Crippen LogP contribution in [-0.4, -0.2) is 22.2 Å².